The Morgan fingerprint density at radius 2 is 2.30 bits per heavy atom. The molecule has 2 heterocycles. The summed E-state index contributed by atoms with van der Waals surface area (Å²) in [6, 6.07) is 0.769. The van der Waals surface area contributed by atoms with Gasteiger partial charge >= 0.3 is 0 Å². The molecule has 2 aliphatic rings. The molecule has 0 saturated carbocycles. The molecule has 0 bridgehead atoms. The standard InChI is InChI=1S/C7H12N2O/c8-7(10)6-3-1-2-5-4-9(5)6/h5-6H,1-4H2,(H2,8,10). The minimum Gasteiger partial charge on any atom is -0.368 e. The zero-order chi connectivity index (χ0) is 7.14. The van der Waals surface area contributed by atoms with Gasteiger partial charge in [0.05, 0.1) is 6.04 Å². The summed E-state index contributed by atoms with van der Waals surface area (Å²) in [6.45, 7) is 1.10. The molecular formula is C7H12N2O. The predicted molar refractivity (Wildman–Crippen MR) is 37.3 cm³/mol. The van der Waals surface area contributed by atoms with Gasteiger partial charge in [0.15, 0.2) is 0 Å². The first-order valence-electron chi connectivity index (χ1n) is 3.84. The Morgan fingerprint density at radius 1 is 1.50 bits per heavy atom. The number of rotatable bonds is 1. The molecule has 0 radical (unpaired) electrons. The van der Waals surface area contributed by atoms with Crippen LogP contribution in [0.3, 0.4) is 0 Å². The summed E-state index contributed by atoms with van der Waals surface area (Å²) in [5.41, 5.74) is 5.20. The molecule has 0 aromatic heterocycles. The molecule has 2 fully saturated rings. The van der Waals surface area contributed by atoms with E-state index >= 15 is 0 Å². The number of carbonyl (C=O) groups excluding carboxylic acids is 1. The van der Waals surface area contributed by atoms with Crippen molar-refractivity contribution in [3.05, 3.63) is 0 Å². The zero-order valence-electron chi connectivity index (χ0n) is 5.92. The summed E-state index contributed by atoms with van der Waals surface area (Å²) < 4.78 is 0. The molecule has 2 aliphatic heterocycles. The van der Waals surface area contributed by atoms with Gasteiger partial charge in [0.2, 0.25) is 5.91 Å². The van der Waals surface area contributed by atoms with Gasteiger partial charge in [0, 0.05) is 12.6 Å². The summed E-state index contributed by atoms with van der Waals surface area (Å²) in [6.07, 6.45) is 3.42. The highest BCUT2D eigenvalue weighted by molar-refractivity contribution is 5.80. The van der Waals surface area contributed by atoms with Crippen LogP contribution in [0.2, 0.25) is 0 Å². The minimum atomic E-state index is -0.137. The van der Waals surface area contributed by atoms with Gasteiger partial charge in [-0.1, -0.05) is 0 Å². The highest BCUT2D eigenvalue weighted by atomic mass is 16.1. The summed E-state index contributed by atoms with van der Waals surface area (Å²) in [7, 11) is 0. The van der Waals surface area contributed by atoms with Crippen molar-refractivity contribution in [1.82, 2.24) is 4.90 Å². The smallest absolute Gasteiger partial charge is 0.234 e. The number of primary amides is 1. The zero-order valence-corrected chi connectivity index (χ0v) is 5.92. The third-order valence-corrected chi connectivity index (χ3v) is 2.50. The van der Waals surface area contributed by atoms with E-state index in [1.54, 1.807) is 0 Å². The van der Waals surface area contributed by atoms with Crippen LogP contribution < -0.4 is 5.73 Å². The van der Waals surface area contributed by atoms with E-state index in [-0.39, 0.29) is 11.9 Å². The van der Waals surface area contributed by atoms with Crippen molar-refractivity contribution in [2.75, 3.05) is 6.54 Å². The second-order valence-electron chi connectivity index (χ2n) is 3.20. The first-order chi connectivity index (χ1) is 4.79. The van der Waals surface area contributed by atoms with Gasteiger partial charge in [-0.05, 0) is 19.3 Å². The third kappa shape index (κ3) is 0.814. The molecule has 0 aromatic rings. The molecule has 10 heavy (non-hydrogen) atoms. The fraction of sp³-hybridized carbons (Fsp3) is 0.857. The summed E-state index contributed by atoms with van der Waals surface area (Å²) in [5, 5.41) is 0. The quantitative estimate of drug-likeness (QED) is 0.509. The fourth-order valence-electron chi connectivity index (χ4n) is 1.85. The Bertz CT molecular complexity index is 169. The summed E-state index contributed by atoms with van der Waals surface area (Å²) in [4.78, 5) is 13.0. The van der Waals surface area contributed by atoms with E-state index in [1.165, 1.54) is 12.8 Å². The van der Waals surface area contributed by atoms with Gasteiger partial charge in [-0.15, -0.1) is 0 Å². The number of carbonyl (C=O) groups is 1. The topological polar surface area (TPSA) is 46.1 Å². The highest BCUT2D eigenvalue weighted by Crippen LogP contribution is 2.33. The molecule has 3 nitrogen and oxygen atoms in total. The van der Waals surface area contributed by atoms with Crippen LogP contribution in [0.25, 0.3) is 0 Å². The van der Waals surface area contributed by atoms with Gasteiger partial charge in [0.25, 0.3) is 0 Å². The Hall–Kier alpha value is -0.570. The first-order valence-corrected chi connectivity index (χ1v) is 3.84. The van der Waals surface area contributed by atoms with Crippen molar-refractivity contribution >= 4 is 5.91 Å². The van der Waals surface area contributed by atoms with Gasteiger partial charge in [0.1, 0.15) is 0 Å². The Labute approximate surface area is 60.2 Å². The Morgan fingerprint density at radius 3 is 2.90 bits per heavy atom. The van der Waals surface area contributed by atoms with Crippen molar-refractivity contribution in [2.45, 2.75) is 31.3 Å². The number of piperidine rings is 1. The lowest BCUT2D eigenvalue weighted by Gasteiger charge is -2.19. The molecule has 0 aliphatic carbocycles. The number of hydrogen-bond acceptors (Lipinski definition) is 2. The fourth-order valence-corrected chi connectivity index (χ4v) is 1.85. The van der Waals surface area contributed by atoms with Gasteiger partial charge in [-0.25, -0.2) is 0 Å². The maximum atomic E-state index is 10.8. The number of nitrogens with two attached hydrogens (primary N) is 1. The van der Waals surface area contributed by atoms with Crippen LogP contribution in [0, 0.1) is 0 Å². The maximum Gasteiger partial charge on any atom is 0.234 e. The van der Waals surface area contributed by atoms with E-state index in [0.29, 0.717) is 6.04 Å². The average Bonchev–Trinajstić information content (AvgIpc) is 2.63. The van der Waals surface area contributed by atoms with Crippen molar-refractivity contribution in [1.29, 1.82) is 0 Å². The van der Waals surface area contributed by atoms with Gasteiger partial charge in [-0.3, -0.25) is 9.69 Å². The lowest BCUT2D eigenvalue weighted by Crippen LogP contribution is -2.38. The van der Waals surface area contributed by atoms with E-state index in [0.717, 1.165) is 13.0 Å². The molecule has 3 unspecified atom stereocenters. The second-order valence-corrected chi connectivity index (χ2v) is 3.20. The lowest BCUT2D eigenvalue weighted by molar-refractivity contribution is -0.122. The molecule has 2 rings (SSSR count). The monoisotopic (exact) mass is 140 g/mol. The lowest BCUT2D eigenvalue weighted by atomic mass is 10.0. The van der Waals surface area contributed by atoms with Crippen molar-refractivity contribution in [3.63, 3.8) is 0 Å². The van der Waals surface area contributed by atoms with Gasteiger partial charge < -0.3 is 5.73 Å². The predicted octanol–water partition coefficient (Wildman–Crippen LogP) is -0.292. The largest absolute Gasteiger partial charge is 0.368 e. The molecule has 3 heteroatoms. The van der Waals surface area contributed by atoms with Crippen LogP contribution in [0.5, 0.6) is 0 Å². The SMILES string of the molecule is NC(=O)C1CCCC2CN21. The molecule has 0 spiro atoms. The van der Waals surface area contributed by atoms with E-state index in [4.69, 9.17) is 5.73 Å². The van der Waals surface area contributed by atoms with Crippen molar-refractivity contribution in [3.8, 4) is 0 Å². The normalized spacial score (nSPS) is 44.2. The van der Waals surface area contributed by atoms with E-state index < -0.39 is 0 Å². The first kappa shape index (κ1) is 6.16. The summed E-state index contributed by atoms with van der Waals surface area (Å²) in [5.74, 6) is -0.137. The van der Waals surface area contributed by atoms with Crippen LogP contribution in [0.1, 0.15) is 19.3 Å². The van der Waals surface area contributed by atoms with E-state index in [1.807, 2.05) is 0 Å². The van der Waals surface area contributed by atoms with Crippen LogP contribution in [-0.4, -0.2) is 29.4 Å². The minimum absolute atomic E-state index is 0.0683. The molecule has 0 aromatic carbocycles. The van der Waals surface area contributed by atoms with Crippen molar-refractivity contribution < 1.29 is 4.79 Å². The highest BCUT2D eigenvalue weighted by Gasteiger charge is 2.44. The number of nitrogens with zero attached hydrogens (tertiary/aromatic N) is 1. The van der Waals surface area contributed by atoms with Crippen LogP contribution in [0.15, 0.2) is 0 Å². The Kier molecular flexibility index (Phi) is 1.20. The third-order valence-electron chi connectivity index (χ3n) is 2.50. The Balaban J connectivity index is 2.02. The van der Waals surface area contributed by atoms with E-state index in [2.05, 4.69) is 4.90 Å². The van der Waals surface area contributed by atoms with Crippen LogP contribution in [0.4, 0.5) is 0 Å². The summed E-state index contributed by atoms with van der Waals surface area (Å²) >= 11 is 0. The molecule has 2 saturated heterocycles. The average molecular weight is 140 g/mol. The number of fused-ring (bicyclic) bond motifs is 1. The molecule has 1 amide bonds. The van der Waals surface area contributed by atoms with Crippen LogP contribution >= 0.6 is 0 Å². The van der Waals surface area contributed by atoms with Gasteiger partial charge in [-0.2, -0.15) is 0 Å². The number of hydrogen-bond donors (Lipinski definition) is 1. The van der Waals surface area contributed by atoms with Crippen molar-refractivity contribution in [2.24, 2.45) is 5.73 Å². The second kappa shape index (κ2) is 1.95. The molecule has 3 atom stereocenters. The molecular weight excluding hydrogens is 128 g/mol. The van der Waals surface area contributed by atoms with Crippen LogP contribution in [-0.2, 0) is 4.79 Å². The maximum absolute atomic E-state index is 10.8. The molecule has 56 valence electrons. The number of amides is 1. The van der Waals surface area contributed by atoms with E-state index in [9.17, 15) is 4.79 Å². The molecule has 2 N–H and O–H groups in total.